The van der Waals surface area contributed by atoms with Gasteiger partial charge in [0, 0.05) is 29.6 Å². The lowest BCUT2D eigenvalue weighted by molar-refractivity contribution is -0.171. The summed E-state index contributed by atoms with van der Waals surface area (Å²) >= 11 is 0. The van der Waals surface area contributed by atoms with E-state index in [1.54, 1.807) is 6.08 Å². The van der Waals surface area contributed by atoms with Crippen LogP contribution in [0.3, 0.4) is 0 Å². The number of esters is 1. The van der Waals surface area contributed by atoms with Gasteiger partial charge in [-0.25, -0.2) is 0 Å². The number of ether oxygens (including phenoxy) is 2. The van der Waals surface area contributed by atoms with E-state index in [1.807, 2.05) is 0 Å². The van der Waals surface area contributed by atoms with E-state index in [0.717, 1.165) is 37.7 Å². The van der Waals surface area contributed by atoms with Gasteiger partial charge in [-0.15, -0.1) is 0 Å². The minimum atomic E-state index is -0.793. The molecule has 0 aromatic carbocycles. The van der Waals surface area contributed by atoms with Gasteiger partial charge in [-0.1, -0.05) is 19.4 Å². The van der Waals surface area contributed by atoms with Gasteiger partial charge in [0.15, 0.2) is 5.78 Å². The molecule has 1 N–H and O–H groups in total. The maximum atomic E-state index is 12.4. The van der Waals surface area contributed by atoms with Gasteiger partial charge >= 0.3 is 11.9 Å². The SMILES string of the molecule is C[C@]12CCC(=O)C=C1C[C@@H](C(=O)O)[C@H]1[C@@H]3CC[C@@]4(CCC(=O)O4)[C@@]3(C)C[C@H]3O[C@@]132. The van der Waals surface area contributed by atoms with E-state index in [4.69, 9.17) is 9.47 Å². The lowest BCUT2D eigenvalue weighted by Crippen LogP contribution is -2.63. The van der Waals surface area contributed by atoms with Crippen molar-refractivity contribution in [3.05, 3.63) is 11.6 Å². The van der Waals surface area contributed by atoms with Crippen LogP contribution in [-0.2, 0) is 23.9 Å². The Morgan fingerprint density at radius 1 is 1.17 bits per heavy atom. The Morgan fingerprint density at radius 2 is 1.97 bits per heavy atom. The first kappa shape index (κ1) is 18.1. The highest BCUT2D eigenvalue weighted by Gasteiger charge is 2.83. The summed E-state index contributed by atoms with van der Waals surface area (Å²) in [7, 11) is 0. The second-order valence-electron chi connectivity index (χ2n) is 10.8. The number of carboxylic acids is 1. The lowest BCUT2D eigenvalue weighted by atomic mass is 9.43. The predicted octanol–water partition coefficient (Wildman–Crippen LogP) is 3.04. The molecule has 2 spiro atoms. The summed E-state index contributed by atoms with van der Waals surface area (Å²) in [6, 6.07) is 0. The van der Waals surface area contributed by atoms with Crippen LogP contribution in [-0.4, -0.2) is 40.1 Å². The van der Waals surface area contributed by atoms with Gasteiger partial charge in [0.05, 0.1) is 12.0 Å². The molecule has 6 rings (SSSR count). The number of fused-ring (bicyclic) bond motifs is 4. The van der Waals surface area contributed by atoms with Crippen LogP contribution < -0.4 is 0 Å². The van der Waals surface area contributed by atoms with Crippen LogP contribution in [0.25, 0.3) is 0 Å². The topological polar surface area (TPSA) is 93.2 Å². The van der Waals surface area contributed by atoms with Crippen LogP contribution in [0.4, 0.5) is 0 Å². The molecular formula is C23H28O6. The molecule has 2 saturated heterocycles. The number of carbonyl (C=O) groups excluding carboxylic acids is 2. The normalized spacial score (nSPS) is 54.8. The Labute approximate surface area is 170 Å². The molecule has 29 heavy (non-hydrogen) atoms. The van der Waals surface area contributed by atoms with Crippen molar-refractivity contribution in [1.82, 2.24) is 0 Å². The van der Waals surface area contributed by atoms with Gasteiger partial charge in [-0.2, -0.15) is 0 Å². The van der Waals surface area contributed by atoms with E-state index in [9.17, 15) is 19.5 Å². The molecule has 5 fully saturated rings. The van der Waals surface area contributed by atoms with Crippen molar-refractivity contribution in [2.24, 2.45) is 28.6 Å². The highest BCUT2D eigenvalue weighted by molar-refractivity contribution is 5.92. The van der Waals surface area contributed by atoms with Crippen LogP contribution >= 0.6 is 0 Å². The molecule has 6 nitrogen and oxygen atoms in total. The van der Waals surface area contributed by atoms with Gasteiger partial charge in [-0.3, -0.25) is 14.4 Å². The Morgan fingerprint density at radius 3 is 2.66 bits per heavy atom. The van der Waals surface area contributed by atoms with Gasteiger partial charge in [0.1, 0.15) is 11.2 Å². The molecule has 3 saturated carbocycles. The number of carboxylic acid groups (broad SMARTS) is 1. The summed E-state index contributed by atoms with van der Waals surface area (Å²) in [4.78, 5) is 36.6. The van der Waals surface area contributed by atoms with Gasteiger partial charge in [0.2, 0.25) is 0 Å². The number of rotatable bonds is 1. The minimum absolute atomic E-state index is 0.0215. The fraction of sp³-hybridized carbons (Fsp3) is 0.783. The highest BCUT2D eigenvalue weighted by atomic mass is 16.6. The summed E-state index contributed by atoms with van der Waals surface area (Å²) in [6.45, 7) is 4.41. The van der Waals surface area contributed by atoms with Gasteiger partial charge < -0.3 is 14.6 Å². The number of hydrogen-bond donors (Lipinski definition) is 1. The third-order valence-electron chi connectivity index (χ3n) is 10.0. The second-order valence-corrected chi connectivity index (χ2v) is 10.8. The van der Waals surface area contributed by atoms with Crippen molar-refractivity contribution in [1.29, 1.82) is 0 Å². The summed E-state index contributed by atoms with van der Waals surface area (Å²) < 4.78 is 12.5. The van der Waals surface area contributed by atoms with Crippen LogP contribution in [0.15, 0.2) is 11.6 Å². The minimum Gasteiger partial charge on any atom is -0.481 e. The highest BCUT2D eigenvalue weighted by Crippen LogP contribution is 2.78. The van der Waals surface area contributed by atoms with Crippen LogP contribution in [0.1, 0.15) is 65.2 Å². The Kier molecular flexibility index (Phi) is 3.20. The predicted molar refractivity (Wildman–Crippen MR) is 101 cm³/mol. The third-order valence-corrected chi connectivity index (χ3v) is 10.0. The number of ketones is 1. The zero-order valence-electron chi connectivity index (χ0n) is 17.0. The number of carbonyl (C=O) groups is 3. The Bertz CT molecular complexity index is 892. The van der Waals surface area contributed by atoms with E-state index in [0.29, 0.717) is 19.3 Å². The summed E-state index contributed by atoms with van der Waals surface area (Å²) in [5.41, 5.74) is -0.492. The largest absolute Gasteiger partial charge is 0.481 e. The van der Waals surface area contributed by atoms with Crippen molar-refractivity contribution >= 4 is 17.7 Å². The number of epoxide rings is 1. The summed E-state index contributed by atoms with van der Waals surface area (Å²) in [6.07, 6.45) is 7.07. The van der Waals surface area contributed by atoms with Crippen LogP contribution in [0.5, 0.6) is 0 Å². The fourth-order valence-corrected chi connectivity index (χ4v) is 8.55. The second kappa shape index (κ2) is 5.13. The van der Waals surface area contributed by atoms with Crippen molar-refractivity contribution in [2.75, 3.05) is 0 Å². The van der Waals surface area contributed by atoms with Gasteiger partial charge in [-0.05, 0) is 50.5 Å². The van der Waals surface area contributed by atoms with Gasteiger partial charge in [0.25, 0.3) is 0 Å². The molecule has 0 radical (unpaired) electrons. The molecule has 2 heterocycles. The monoisotopic (exact) mass is 400 g/mol. The fourth-order valence-electron chi connectivity index (χ4n) is 8.55. The molecule has 4 aliphatic carbocycles. The first-order valence-electron chi connectivity index (χ1n) is 11.0. The summed E-state index contributed by atoms with van der Waals surface area (Å²) in [5.74, 6) is -1.31. The van der Waals surface area contributed by atoms with Crippen LogP contribution in [0.2, 0.25) is 0 Å². The Balaban J connectivity index is 1.49. The van der Waals surface area contributed by atoms with Crippen molar-refractivity contribution < 1.29 is 29.0 Å². The van der Waals surface area contributed by atoms with E-state index in [1.165, 1.54) is 0 Å². The number of hydrogen-bond acceptors (Lipinski definition) is 5. The van der Waals surface area contributed by atoms with E-state index in [-0.39, 0.29) is 40.5 Å². The average molecular weight is 400 g/mol. The maximum Gasteiger partial charge on any atom is 0.307 e. The van der Waals surface area contributed by atoms with Crippen molar-refractivity contribution in [2.45, 2.75) is 82.5 Å². The third kappa shape index (κ3) is 1.86. The molecule has 0 bridgehead atoms. The number of aliphatic carboxylic acids is 1. The van der Waals surface area contributed by atoms with E-state index >= 15 is 0 Å². The first-order valence-corrected chi connectivity index (χ1v) is 11.0. The van der Waals surface area contributed by atoms with Crippen molar-refractivity contribution in [3.8, 4) is 0 Å². The molecule has 6 aliphatic rings. The molecule has 156 valence electrons. The molecular weight excluding hydrogens is 372 g/mol. The lowest BCUT2D eigenvalue weighted by Gasteiger charge is -2.58. The standard InChI is InChI=1S/C23H28O6/c1-20-6-3-13(24)9-12(20)10-14(19(26)27)18-15-4-7-22(8-5-17(25)29-22)21(15,2)11-16-23(18,20)28-16/h9,14-16,18H,3-8,10-11H2,1-2H3,(H,26,27)/t14-,15+,16-,18+,20+,21+,22-,23-/m1/s1. The molecule has 0 amide bonds. The van der Waals surface area contributed by atoms with E-state index < -0.39 is 23.1 Å². The van der Waals surface area contributed by atoms with E-state index in [2.05, 4.69) is 13.8 Å². The molecule has 0 aromatic rings. The molecule has 6 heteroatoms. The zero-order chi connectivity index (χ0) is 20.4. The summed E-state index contributed by atoms with van der Waals surface area (Å²) in [5, 5.41) is 10.2. The van der Waals surface area contributed by atoms with Crippen molar-refractivity contribution in [3.63, 3.8) is 0 Å². The smallest absolute Gasteiger partial charge is 0.307 e. The Hall–Kier alpha value is -1.69. The molecule has 0 unspecified atom stereocenters. The molecule has 8 atom stereocenters. The molecule has 0 aromatic heterocycles. The van der Waals surface area contributed by atoms with Crippen LogP contribution in [0, 0.1) is 28.6 Å². The zero-order valence-corrected chi connectivity index (χ0v) is 17.0. The average Bonchev–Trinajstić information content (AvgIpc) is 3.14. The molecule has 2 aliphatic heterocycles. The quantitative estimate of drug-likeness (QED) is 0.537. The maximum absolute atomic E-state index is 12.4. The first-order chi connectivity index (χ1) is 13.7.